The molecule has 0 radical (unpaired) electrons. The molecule has 0 bridgehead atoms. The number of likely N-dealkylation sites (tertiary alicyclic amines) is 1. The molecule has 1 saturated heterocycles. The zero-order valence-corrected chi connectivity index (χ0v) is 15.4. The van der Waals surface area contributed by atoms with Crippen molar-refractivity contribution in [2.45, 2.75) is 19.4 Å². The van der Waals surface area contributed by atoms with E-state index >= 15 is 0 Å². The number of amides is 1. The van der Waals surface area contributed by atoms with Crippen molar-refractivity contribution >= 4 is 5.91 Å². The number of carbonyl (C=O) groups excluding carboxylic acids is 1. The minimum atomic E-state index is -0.744. The number of hydrogen-bond donors (Lipinski definition) is 1. The fourth-order valence-corrected chi connectivity index (χ4v) is 3.36. The van der Waals surface area contributed by atoms with Crippen molar-refractivity contribution in [1.29, 1.82) is 0 Å². The van der Waals surface area contributed by atoms with Crippen LogP contribution in [-0.2, 0) is 6.54 Å². The van der Waals surface area contributed by atoms with Gasteiger partial charge in [0.25, 0.3) is 5.91 Å². The zero-order chi connectivity index (χ0) is 19.2. The van der Waals surface area contributed by atoms with E-state index in [-0.39, 0.29) is 5.56 Å². The van der Waals surface area contributed by atoms with Crippen molar-refractivity contribution in [1.82, 2.24) is 10.2 Å². The van der Waals surface area contributed by atoms with Crippen LogP contribution in [0.5, 0.6) is 5.75 Å². The van der Waals surface area contributed by atoms with Gasteiger partial charge in [0.1, 0.15) is 17.4 Å². The van der Waals surface area contributed by atoms with Crippen LogP contribution in [0.25, 0.3) is 0 Å². The van der Waals surface area contributed by atoms with Gasteiger partial charge in [-0.15, -0.1) is 0 Å². The monoisotopic (exact) mass is 374 g/mol. The molecule has 1 N–H and O–H groups in total. The van der Waals surface area contributed by atoms with E-state index in [1.807, 2.05) is 12.1 Å². The van der Waals surface area contributed by atoms with Gasteiger partial charge in [-0.3, -0.25) is 9.69 Å². The van der Waals surface area contributed by atoms with Crippen molar-refractivity contribution in [3.63, 3.8) is 0 Å². The number of rotatable bonds is 6. The van der Waals surface area contributed by atoms with E-state index in [9.17, 15) is 13.6 Å². The third-order valence-electron chi connectivity index (χ3n) is 4.95. The first kappa shape index (κ1) is 19.3. The molecule has 1 aliphatic heterocycles. The molecule has 0 atom stereocenters. The SMILES string of the molecule is COc1ccc(CN2CCC(CNC(=O)c3cc(F)cc(F)c3)CC2)cc1. The molecule has 6 heteroatoms. The highest BCUT2D eigenvalue weighted by molar-refractivity contribution is 5.94. The maximum absolute atomic E-state index is 13.2. The molecule has 0 unspecified atom stereocenters. The molecular formula is C21H24F2N2O2. The summed E-state index contributed by atoms with van der Waals surface area (Å²) in [5.74, 6) is -0.695. The van der Waals surface area contributed by atoms with E-state index in [4.69, 9.17) is 4.74 Å². The van der Waals surface area contributed by atoms with Crippen LogP contribution in [0.3, 0.4) is 0 Å². The number of carbonyl (C=O) groups is 1. The summed E-state index contributed by atoms with van der Waals surface area (Å²) in [7, 11) is 1.66. The van der Waals surface area contributed by atoms with Crippen molar-refractivity contribution in [2.75, 3.05) is 26.7 Å². The molecule has 0 saturated carbocycles. The lowest BCUT2D eigenvalue weighted by Gasteiger charge is -2.32. The highest BCUT2D eigenvalue weighted by Gasteiger charge is 2.20. The summed E-state index contributed by atoms with van der Waals surface area (Å²) in [6, 6.07) is 10.9. The second-order valence-corrected chi connectivity index (χ2v) is 6.94. The molecule has 0 spiro atoms. The van der Waals surface area contributed by atoms with Gasteiger partial charge in [-0.05, 0) is 61.7 Å². The molecular weight excluding hydrogens is 350 g/mol. The van der Waals surface area contributed by atoms with Crippen molar-refractivity contribution in [3.05, 3.63) is 65.2 Å². The lowest BCUT2D eigenvalue weighted by atomic mass is 9.96. The summed E-state index contributed by atoms with van der Waals surface area (Å²) in [6.45, 7) is 3.33. The summed E-state index contributed by atoms with van der Waals surface area (Å²) in [5.41, 5.74) is 1.26. The highest BCUT2D eigenvalue weighted by Crippen LogP contribution is 2.20. The molecule has 1 fully saturated rings. The molecule has 2 aromatic rings. The molecule has 1 aliphatic rings. The number of hydrogen-bond acceptors (Lipinski definition) is 3. The quantitative estimate of drug-likeness (QED) is 0.840. The fraction of sp³-hybridized carbons (Fsp3) is 0.381. The maximum atomic E-state index is 13.2. The standard InChI is InChI=1S/C21H24F2N2O2/c1-27-20-4-2-16(3-5-20)14-25-8-6-15(7-9-25)13-24-21(26)17-10-18(22)12-19(23)11-17/h2-5,10-12,15H,6-9,13-14H2,1H3,(H,24,26). The first-order chi connectivity index (χ1) is 13.0. The van der Waals surface area contributed by atoms with E-state index in [1.165, 1.54) is 5.56 Å². The Morgan fingerprint density at radius 1 is 1.11 bits per heavy atom. The average Bonchev–Trinajstić information content (AvgIpc) is 2.67. The summed E-state index contributed by atoms with van der Waals surface area (Å²) in [4.78, 5) is 14.5. The molecule has 3 rings (SSSR count). The smallest absolute Gasteiger partial charge is 0.251 e. The van der Waals surface area contributed by atoms with Crippen LogP contribution in [0.4, 0.5) is 8.78 Å². The largest absolute Gasteiger partial charge is 0.497 e. The summed E-state index contributed by atoms with van der Waals surface area (Å²) in [5, 5.41) is 2.80. The Morgan fingerprint density at radius 2 is 1.74 bits per heavy atom. The molecule has 1 amide bonds. The van der Waals surface area contributed by atoms with E-state index in [0.29, 0.717) is 12.5 Å². The number of nitrogens with zero attached hydrogens (tertiary/aromatic N) is 1. The summed E-state index contributed by atoms with van der Waals surface area (Å²) < 4.78 is 31.6. The van der Waals surface area contributed by atoms with Crippen LogP contribution in [0.15, 0.2) is 42.5 Å². The van der Waals surface area contributed by atoms with Gasteiger partial charge in [0.15, 0.2) is 0 Å². The van der Waals surface area contributed by atoms with Crippen LogP contribution >= 0.6 is 0 Å². The second-order valence-electron chi connectivity index (χ2n) is 6.94. The Morgan fingerprint density at radius 3 is 2.33 bits per heavy atom. The van der Waals surface area contributed by atoms with Gasteiger partial charge in [-0.2, -0.15) is 0 Å². The lowest BCUT2D eigenvalue weighted by Crippen LogP contribution is -2.38. The summed E-state index contributed by atoms with van der Waals surface area (Å²) >= 11 is 0. The van der Waals surface area contributed by atoms with Gasteiger partial charge >= 0.3 is 0 Å². The first-order valence-electron chi connectivity index (χ1n) is 9.13. The molecule has 0 aromatic heterocycles. The second kappa shape index (κ2) is 8.95. The predicted octanol–water partition coefficient (Wildman–Crippen LogP) is 3.62. The van der Waals surface area contributed by atoms with Crippen LogP contribution in [0.1, 0.15) is 28.8 Å². The number of methoxy groups -OCH3 is 1. The van der Waals surface area contributed by atoms with Gasteiger partial charge in [0.2, 0.25) is 0 Å². The fourth-order valence-electron chi connectivity index (χ4n) is 3.36. The third-order valence-corrected chi connectivity index (χ3v) is 4.95. The third kappa shape index (κ3) is 5.50. The van der Waals surface area contributed by atoms with Gasteiger partial charge in [-0.25, -0.2) is 8.78 Å². The Balaban J connectivity index is 1.43. The van der Waals surface area contributed by atoms with E-state index in [2.05, 4.69) is 22.3 Å². The average molecular weight is 374 g/mol. The Kier molecular flexibility index (Phi) is 6.40. The number of halogens is 2. The molecule has 27 heavy (non-hydrogen) atoms. The summed E-state index contributed by atoms with van der Waals surface area (Å²) in [6.07, 6.45) is 1.96. The maximum Gasteiger partial charge on any atom is 0.251 e. The minimum absolute atomic E-state index is 0.0180. The highest BCUT2D eigenvalue weighted by atomic mass is 19.1. The van der Waals surface area contributed by atoms with Crippen LogP contribution < -0.4 is 10.1 Å². The lowest BCUT2D eigenvalue weighted by molar-refractivity contribution is 0.0934. The van der Waals surface area contributed by atoms with Gasteiger partial charge in [0.05, 0.1) is 7.11 Å². The van der Waals surface area contributed by atoms with Crippen molar-refractivity contribution < 1.29 is 18.3 Å². The minimum Gasteiger partial charge on any atom is -0.497 e. The van der Waals surface area contributed by atoms with E-state index < -0.39 is 17.5 Å². The zero-order valence-electron chi connectivity index (χ0n) is 15.4. The topological polar surface area (TPSA) is 41.6 Å². The first-order valence-corrected chi connectivity index (χ1v) is 9.13. The number of piperidine rings is 1. The van der Waals surface area contributed by atoms with Crippen LogP contribution in [-0.4, -0.2) is 37.6 Å². The van der Waals surface area contributed by atoms with Gasteiger partial charge in [-0.1, -0.05) is 12.1 Å². The molecule has 1 heterocycles. The molecule has 2 aromatic carbocycles. The number of nitrogens with one attached hydrogen (secondary N) is 1. The molecule has 4 nitrogen and oxygen atoms in total. The van der Waals surface area contributed by atoms with Crippen LogP contribution in [0, 0.1) is 17.6 Å². The van der Waals surface area contributed by atoms with Gasteiger partial charge in [0, 0.05) is 24.7 Å². The predicted molar refractivity (Wildman–Crippen MR) is 99.7 cm³/mol. The van der Waals surface area contributed by atoms with E-state index in [1.54, 1.807) is 7.11 Å². The Hall–Kier alpha value is -2.47. The van der Waals surface area contributed by atoms with Crippen molar-refractivity contribution in [2.24, 2.45) is 5.92 Å². The molecule has 144 valence electrons. The Labute approximate surface area is 158 Å². The van der Waals surface area contributed by atoms with E-state index in [0.717, 1.165) is 56.4 Å². The normalized spacial score (nSPS) is 15.5. The van der Waals surface area contributed by atoms with Gasteiger partial charge < -0.3 is 10.1 Å². The number of benzene rings is 2. The molecule has 0 aliphatic carbocycles. The van der Waals surface area contributed by atoms with Crippen LogP contribution in [0.2, 0.25) is 0 Å². The number of ether oxygens (including phenoxy) is 1. The van der Waals surface area contributed by atoms with Crippen molar-refractivity contribution in [3.8, 4) is 5.75 Å². The Bertz CT molecular complexity index is 752.